The lowest BCUT2D eigenvalue weighted by Crippen LogP contribution is -2.46. The van der Waals surface area contributed by atoms with Crippen molar-refractivity contribution in [2.75, 3.05) is 29.9 Å². The minimum atomic E-state index is -4.72. The summed E-state index contributed by atoms with van der Waals surface area (Å²) in [7, 11) is 0. The summed E-state index contributed by atoms with van der Waals surface area (Å²) in [4.78, 5) is 14.2. The molecule has 8 heteroatoms. The normalized spacial score (nSPS) is 17.8. The zero-order chi connectivity index (χ0) is 16.2. The highest BCUT2D eigenvalue weighted by Crippen LogP contribution is 2.24. The Labute approximate surface area is 131 Å². The van der Waals surface area contributed by atoms with E-state index in [1.807, 2.05) is 18.7 Å². The fourth-order valence-corrected chi connectivity index (χ4v) is 3.05. The lowest BCUT2D eigenvalue weighted by atomic mass is 10.2. The standard InChI is InChI=1S/C14H17F3N2O2S/c1-10(19-6-8-22-9-7-19)13(20)18-11-2-4-12(5-3-11)21-14(15,16)17/h2-5,10H,6-9H2,1H3,(H,18,20)/t10-/m1/s1. The van der Waals surface area contributed by atoms with Gasteiger partial charge in [-0.25, -0.2) is 0 Å². The number of nitrogens with zero attached hydrogens (tertiary/aromatic N) is 1. The van der Waals surface area contributed by atoms with Crippen LogP contribution in [-0.4, -0.2) is 47.8 Å². The van der Waals surface area contributed by atoms with Crippen LogP contribution in [0, 0.1) is 0 Å². The van der Waals surface area contributed by atoms with Gasteiger partial charge < -0.3 is 10.1 Å². The summed E-state index contributed by atoms with van der Waals surface area (Å²) in [5.41, 5.74) is 0.442. The van der Waals surface area contributed by atoms with Crippen molar-refractivity contribution in [3.63, 3.8) is 0 Å². The maximum absolute atomic E-state index is 12.2. The van der Waals surface area contributed by atoms with Gasteiger partial charge in [0.25, 0.3) is 0 Å². The van der Waals surface area contributed by atoms with Crippen molar-refractivity contribution in [2.24, 2.45) is 0 Å². The minimum absolute atomic E-state index is 0.170. The fraction of sp³-hybridized carbons (Fsp3) is 0.500. The van der Waals surface area contributed by atoms with Gasteiger partial charge in [-0.1, -0.05) is 0 Å². The highest BCUT2D eigenvalue weighted by molar-refractivity contribution is 7.99. The van der Waals surface area contributed by atoms with Crippen LogP contribution in [0.3, 0.4) is 0 Å². The molecule has 1 atom stereocenters. The Bertz CT molecular complexity index is 502. The first kappa shape index (κ1) is 17.0. The van der Waals surface area contributed by atoms with Crippen molar-refractivity contribution in [3.05, 3.63) is 24.3 Å². The molecule has 0 aliphatic carbocycles. The molecule has 1 aromatic rings. The molecular formula is C14H17F3N2O2S. The second-order valence-corrected chi connectivity index (χ2v) is 6.11. The lowest BCUT2D eigenvalue weighted by molar-refractivity contribution is -0.274. The van der Waals surface area contributed by atoms with E-state index in [0.717, 1.165) is 24.6 Å². The summed E-state index contributed by atoms with van der Waals surface area (Å²) in [6, 6.07) is 4.85. The van der Waals surface area contributed by atoms with Gasteiger partial charge in [-0.15, -0.1) is 13.2 Å². The van der Waals surface area contributed by atoms with Crippen LogP contribution in [0.5, 0.6) is 5.75 Å². The van der Waals surface area contributed by atoms with Crippen LogP contribution in [0.15, 0.2) is 24.3 Å². The topological polar surface area (TPSA) is 41.6 Å². The Morgan fingerprint density at radius 1 is 1.27 bits per heavy atom. The van der Waals surface area contributed by atoms with Crippen molar-refractivity contribution < 1.29 is 22.7 Å². The summed E-state index contributed by atoms with van der Waals surface area (Å²) in [6.45, 7) is 3.54. The van der Waals surface area contributed by atoms with E-state index < -0.39 is 6.36 Å². The molecule has 1 aliphatic rings. The van der Waals surface area contributed by atoms with E-state index in [9.17, 15) is 18.0 Å². The lowest BCUT2D eigenvalue weighted by Gasteiger charge is -2.31. The number of alkyl halides is 3. The number of hydrogen-bond donors (Lipinski definition) is 1. The van der Waals surface area contributed by atoms with Crippen LogP contribution in [0.4, 0.5) is 18.9 Å². The van der Waals surface area contributed by atoms with Gasteiger partial charge in [0.05, 0.1) is 6.04 Å². The highest BCUT2D eigenvalue weighted by Gasteiger charge is 2.31. The molecule has 0 bridgehead atoms. The summed E-state index contributed by atoms with van der Waals surface area (Å²) < 4.78 is 40.0. The van der Waals surface area contributed by atoms with Crippen LogP contribution in [0.25, 0.3) is 0 Å². The third-order valence-electron chi connectivity index (χ3n) is 3.33. The molecule has 1 N–H and O–H groups in total. The Morgan fingerprint density at radius 2 is 1.86 bits per heavy atom. The predicted molar refractivity (Wildman–Crippen MR) is 80.1 cm³/mol. The Balaban J connectivity index is 1.91. The number of nitrogens with one attached hydrogen (secondary N) is 1. The van der Waals surface area contributed by atoms with Crippen LogP contribution in [0.1, 0.15) is 6.92 Å². The summed E-state index contributed by atoms with van der Waals surface area (Å²) in [5, 5.41) is 2.70. The van der Waals surface area contributed by atoms with Crippen LogP contribution >= 0.6 is 11.8 Å². The number of carbonyl (C=O) groups excluding carboxylic acids is 1. The average molecular weight is 334 g/mol. The number of ether oxygens (including phenoxy) is 1. The van der Waals surface area contributed by atoms with Gasteiger partial charge >= 0.3 is 6.36 Å². The second kappa shape index (κ2) is 7.23. The van der Waals surface area contributed by atoms with Gasteiger partial charge in [-0.3, -0.25) is 9.69 Å². The minimum Gasteiger partial charge on any atom is -0.406 e. The van der Waals surface area contributed by atoms with Crippen molar-refractivity contribution in [1.29, 1.82) is 0 Å². The number of hydrogen-bond acceptors (Lipinski definition) is 4. The Morgan fingerprint density at radius 3 is 2.41 bits per heavy atom. The van der Waals surface area contributed by atoms with Gasteiger partial charge in [0.15, 0.2) is 0 Å². The first-order valence-corrected chi connectivity index (χ1v) is 7.99. The first-order chi connectivity index (χ1) is 10.3. The molecule has 1 aromatic carbocycles. The van der Waals surface area contributed by atoms with Crippen LogP contribution < -0.4 is 10.1 Å². The molecule has 1 heterocycles. The van der Waals surface area contributed by atoms with Gasteiger partial charge in [-0.05, 0) is 31.2 Å². The number of halogens is 3. The average Bonchev–Trinajstić information content (AvgIpc) is 2.48. The Hall–Kier alpha value is -1.41. The van der Waals surface area contributed by atoms with E-state index in [-0.39, 0.29) is 17.7 Å². The van der Waals surface area contributed by atoms with E-state index in [1.165, 1.54) is 24.3 Å². The Kier molecular flexibility index (Phi) is 5.57. The molecule has 4 nitrogen and oxygen atoms in total. The molecule has 22 heavy (non-hydrogen) atoms. The van der Waals surface area contributed by atoms with Crippen LogP contribution in [0.2, 0.25) is 0 Å². The zero-order valence-corrected chi connectivity index (χ0v) is 12.8. The summed E-state index contributed by atoms with van der Waals surface area (Å²) in [6.07, 6.45) is -4.72. The predicted octanol–water partition coefficient (Wildman–Crippen LogP) is 2.96. The van der Waals surface area contributed by atoms with Crippen molar-refractivity contribution >= 4 is 23.4 Å². The number of amides is 1. The maximum atomic E-state index is 12.2. The maximum Gasteiger partial charge on any atom is 0.573 e. The highest BCUT2D eigenvalue weighted by atomic mass is 32.2. The van der Waals surface area contributed by atoms with Crippen molar-refractivity contribution in [1.82, 2.24) is 4.90 Å². The molecule has 1 saturated heterocycles. The summed E-state index contributed by atoms with van der Waals surface area (Å²) >= 11 is 1.86. The van der Waals surface area contributed by atoms with Gasteiger partial charge in [0, 0.05) is 30.3 Å². The molecule has 0 spiro atoms. The quantitative estimate of drug-likeness (QED) is 0.919. The van der Waals surface area contributed by atoms with Crippen molar-refractivity contribution in [3.8, 4) is 5.75 Å². The largest absolute Gasteiger partial charge is 0.573 e. The fourth-order valence-electron chi connectivity index (χ4n) is 2.12. The van der Waals surface area contributed by atoms with E-state index in [2.05, 4.69) is 15.0 Å². The molecule has 0 saturated carbocycles. The number of anilines is 1. The SMILES string of the molecule is C[C@H](C(=O)Nc1ccc(OC(F)(F)F)cc1)N1CCSCC1. The molecule has 2 rings (SSSR count). The second-order valence-electron chi connectivity index (χ2n) is 4.89. The molecule has 122 valence electrons. The first-order valence-electron chi connectivity index (χ1n) is 6.83. The number of thioether (sulfide) groups is 1. The zero-order valence-electron chi connectivity index (χ0n) is 12.0. The molecule has 0 aromatic heterocycles. The molecular weight excluding hydrogens is 317 g/mol. The van der Waals surface area contributed by atoms with E-state index in [0.29, 0.717) is 5.69 Å². The number of rotatable bonds is 4. The third-order valence-corrected chi connectivity index (χ3v) is 4.27. The molecule has 1 aliphatic heterocycles. The summed E-state index contributed by atoms with van der Waals surface area (Å²) in [5.74, 6) is 1.52. The molecule has 0 radical (unpaired) electrons. The molecule has 1 amide bonds. The van der Waals surface area contributed by atoms with Gasteiger partial charge in [-0.2, -0.15) is 11.8 Å². The van der Waals surface area contributed by atoms with Crippen LogP contribution in [-0.2, 0) is 4.79 Å². The van der Waals surface area contributed by atoms with E-state index in [4.69, 9.17) is 0 Å². The van der Waals surface area contributed by atoms with Gasteiger partial charge in [0.2, 0.25) is 5.91 Å². The van der Waals surface area contributed by atoms with Gasteiger partial charge in [0.1, 0.15) is 5.75 Å². The van der Waals surface area contributed by atoms with Crippen molar-refractivity contribution in [2.45, 2.75) is 19.3 Å². The number of carbonyl (C=O) groups is 1. The molecule has 1 fully saturated rings. The monoisotopic (exact) mass is 334 g/mol. The van der Waals surface area contributed by atoms with E-state index >= 15 is 0 Å². The third kappa shape index (κ3) is 5.10. The number of benzene rings is 1. The smallest absolute Gasteiger partial charge is 0.406 e. The molecule has 0 unspecified atom stereocenters. The van der Waals surface area contributed by atoms with E-state index in [1.54, 1.807) is 0 Å².